The Labute approximate surface area is 178 Å². The number of nitrogens with one attached hydrogen (secondary N) is 1. The lowest BCUT2D eigenvalue weighted by Gasteiger charge is -2.09. The van der Waals surface area contributed by atoms with Crippen molar-refractivity contribution in [2.45, 2.75) is 27.3 Å². The lowest BCUT2D eigenvalue weighted by atomic mass is 10.1. The van der Waals surface area contributed by atoms with Crippen LogP contribution in [0.25, 0.3) is 6.08 Å². The Hall–Kier alpha value is -3.72. The summed E-state index contributed by atoms with van der Waals surface area (Å²) >= 11 is 0. The van der Waals surface area contributed by atoms with Gasteiger partial charge in [-0.3, -0.25) is 4.79 Å². The van der Waals surface area contributed by atoms with E-state index >= 15 is 0 Å². The molecule has 0 heterocycles. The number of amides is 1. The first-order chi connectivity index (χ1) is 14.5. The normalized spacial score (nSPS) is 10.6. The fourth-order valence-corrected chi connectivity index (χ4v) is 2.41. The van der Waals surface area contributed by atoms with E-state index in [1.807, 2.05) is 51.1 Å². The second-order valence-corrected chi connectivity index (χ2v) is 5.99. The Morgan fingerprint density at radius 1 is 1.13 bits per heavy atom. The highest BCUT2D eigenvalue weighted by Crippen LogP contribution is 2.37. The molecule has 2 N–H and O–H groups in total. The number of carbonyl (C=O) groups excluding carboxylic acids is 1. The summed E-state index contributed by atoms with van der Waals surface area (Å²) in [5.41, 5.74) is 2.76. The molecule has 0 saturated carbocycles. The third kappa shape index (κ3) is 7.02. The summed E-state index contributed by atoms with van der Waals surface area (Å²) in [4.78, 5) is 12.2. The van der Waals surface area contributed by atoms with Gasteiger partial charge in [0.1, 0.15) is 11.6 Å². The first kappa shape index (κ1) is 24.3. The average Bonchev–Trinajstić information content (AvgIpc) is 2.78. The number of nitrogens with zero attached hydrogens (tertiary/aromatic N) is 1. The zero-order chi connectivity index (χ0) is 22.5. The smallest absolute Gasteiger partial charge is 0.262 e. The van der Waals surface area contributed by atoms with Gasteiger partial charge in [-0.2, -0.15) is 5.26 Å². The quantitative estimate of drug-likeness (QED) is 0.399. The molecule has 158 valence electrons. The van der Waals surface area contributed by atoms with E-state index in [4.69, 9.17) is 9.47 Å². The minimum Gasteiger partial charge on any atom is -0.502 e. The van der Waals surface area contributed by atoms with Gasteiger partial charge in [0.25, 0.3) is 5.91 Å². The summed E-state index contributed by atoms with van der Waals surface area (Å²) in [6, 6.07) is 12.9. The highest BCUT2D eigenvalue weighted by atomic mass is 16.5. The molecule has 6 heteroatoms. The minimum atomic E-state index is -0.450. The number of aryl methyl sites for hydroxylation is 1. The second kappa shape index (κ2) is 12.7. The number of aromatic hydroxyl groups is 1. The molecule has 0 unspecified atom stereocenters. The van der Waals surface area contributed by atoms with Gasteiger partial charge < -0.3 is 19.9 Å². The van der Waals surface area contributed by atoms with Crippen LogP contribution in [0.4, 0.5) is 0 Å². The topological polar surface area (TPSA) is 91.6 Å². The molecule has 6 nitrogen and oxygen atoms in total. The van der Waals surface area contributed by atoms with E-state index in [0.717, 1.165) is 11.1 Å². The van der Waals surface area contributed by atoms with Crippen LogP contribution in [0.5, 0.6) is 17.2 Å². The highest BCUT2D eigenvalue weighted by Gasteiger charge is 2.10. The van der Waals surface area contributed by atoms with Crippen molar-refractivity contribution in [3.05, 3.63) is 70.8 Å². The lowest BCUT2D eigenvalue weighted by Crippen LogP contribution is -2.23. The number of rotatable bonds is 7. The predicted octanol–water partition coefficient (Wildman–Crippen LogP) is 4.52. The molecular formula is C24H28N2O4. The van der Waals surface area contributed by atoms with E-state index in [9.17, 15) is 15.2 Å². The number of nitriles is 1. The molecule has 30 heavy (non-hydrogen) atoms. The van der Waals surface area contributed by atoms with Crippen LogP contribution < -0.4 is 14.8 Å². The standard InChI is InChI=1S/C22H22N2O4.C2H6/c1-15-7-9-16(10-8-15)14-24-22(26)18(13-23)6-4-5-17-11-19(27-2)21(25)20(12-17)28-3;1-2/h4-12,25H,14H2,1-3H3,(H,24,26);1-2H3/b5-4+,18-6+;. The number of carbonyl (C=O) groups is 1. The molecule has 2 rings (SSSR count). The number of hydrogen-bond acceptors (Lipinski definition) is 5. The zero-order valence-corrected chi connectivity index (χ0v) is 18.0. The van der Waals surface area contributed by atoms with E-state index < -0.39 is 5.91 Å². The maximum absolute atomic E-state index is 12.2. The highest BCUT2D eigenvalue weighted by molar-refractivity contribution is 5.97. The molecule has 2 aromatic rings. The van der Waals surface area contributed by atoms with E-state index in [2.05, 4.69) is 5.32 Å². The minimum absolute atomic E-state index is 0.0129. The van der Waals surface area contributed by atoms with Gasteiger partial charge in [-0.1, -0.05) is 55.8 Å². The van der Waals surface area contributed by atoms with Gasteiger partial charge >= 0.3 is 0 Å². The maximum atomic E-state index is 12.2. The Bertz CT molecular complexity index is 914. The van der Waals surface area contributed by atoms with Crippen molar-refractivity contribution in [1.82, 2.24) is 5.32 Å². The van der Waals surface area contributed by atoms with Crippen LogP contribution in [-0.4, -0.2) is 25.2 Å². The number of phenols is 1. The van der Waals surface area contributed by atoms with E-state index in [0.29, 0.717) is 12.1 Å². The lowest BCUT2D eigenvalue weighted by molar-refractivity contribution is -0.117. The van der Waals surface area contributed by atoms with Gasteiger partial charge in [0.15, 0.2) is 11.5 Å². The van der Waals surface area contributed by atoms with Crippen molar-refractivity contribution in [3.8, 4) is 23.3 Å². The van der Waals surface area contributed by atoms with Crippen molar-refractivity contribution < 1.29 is 19.4 Å². The van der Waals surface area contributed by atoms with E-state index in [1.165, 1.54) is 20.3 Å². The van der Waals surface area contributed by atoms with Gasteiger partial charge in [-0.15, -0.1) is 0 Å². The molecule has 0 bridgehead atoms. The van der Waals surface area contributed by atoms with Crippen molar-refractivity contribution >= 4 is 12.0 Å². The van der Waals surface area contributed by atoms with Crippen LogP contribution >= 0.6 is 0 Å². The fourth-order valence-electron chi connectivity index (χ4n) is 2.41. The summed E-state index contributed by atoms with van der Waals surface area (Å²) in [6.45, 7) is 6.33. The first-order valence-electron chi connectivity index (χ1n) is 9.55. The van der Waals surface area contributed by atoms with Gasteiger partial charge in [-0.05, 0) is 36.3 Å². The molecule has 0 atom stereocenters. The van der Waals surface area contributed by atoms with E-state index in [-0.39, 0.29) is 22.8 Å². The molecule has 0 aliphatic heterocycles. The molecule has 1 amide bonds. The first-order valence-corrected chi connectivity index (χ1v) is 9.55. The Morgan fingerprint density at radius 3 is 2.20 bits per heavy atom. The molecule has 0 spiro atoms. The molecule has 0 radical (unpaired) electrons. The van der Waals surface area contributed by atoms with Gasteiger partial charge in [0.05, 0.1) is 14.2 Å². The summed E-state index contributed by atoms with van der Waals surface area (Å²) in [7, 11) is 2.88. The van der Waals surface area contributed by atoms with Crippen LogP contribution in [0.2, 0.25) is 0 Å². The van der Waals surface area contributed by atoms with Crippen molar-refractivity contribution in [1.29, 1.82) is 5.26 Å². The summed E-state index contributed by atoms with van der Waals surface area (Å²) < 4.78 is 10.2. The second-order valence-electron chi connectivity index (χ2n) is 5.99. The van der Waals surface area contributed by atoms with Crippen LogP contribution in [0.15, 0.2) is 54.1 Å². The molecule has 2 aromatic carbocycles. The molecule has 0 aliphatic carbocycles. The van der Waals surface area contributed by atoms with Crippen LogP contribution in [0.3, 0.4) is 0 Å². The van der Waals surface area contributed by atoms with E-state index in [1.54, 1.807) is 24.3 Å². The van der Waals surface area contributed by atoms with Crippen molar-refractivity contribution in [2.24, 2.45) is 0 Å². The third-order valence-electron chi connectivity index (χ3n) is 3.99. The number of methoxy groups -OCH3 is 2. The third-order valence-corrected chi connectivity index (χ3v) is 3.99. The SMILES string of the molecule is CC.COc1cc(/C=C/C=C(\C#N)C(=O)NCc2ccc(C)cc2)cc(OC)c1O. The number of ether oxygens (including phenoxy) is 2. The van der Waals surface area contributed by atoms with Crippen LogP contribution in [0.1, 0.15) is 30.5 Å². The van der Waals surface area contributed by atoms with Crippen molar-refractivity contribution in [3.63, 3.8) is 0 Å². The fraction of sp³-hybridized carbons (Fsp3) is 0.250. The molecule has 0 aromatic heterocycles. The zero-order valence-electron chi connectivity index (χ0n) is 18.0. The monoisotopic (exact) mass is 408 g/mol. The Balaban J connectivity index is 0.00000218. The number of allylic oxidation sites excluding steroid dienone is 2. The van der Waals surface area contributed by atoms with Gasteiger partial charge in [-0.25, -0.2) is 0 Å². The summed E-state index contributed by atoms with van der Waals surface area (Å²) in [5, 5.41) is 21.9. The Morgan fingerprint density at radius 2 is 1.70 bits per heavy atom. The van der Waals surface area contributed by atoms with Gasteiger partial charge in [0.2, 0.25) is 5.75 Å². The number of hydrogen-bond donors (Lipinski definition) is 2. The Kier molecular flexibility index (Phi) is 10.3. The average molecular weight is 408 g/mol. The largest absolute Gasteiger partial charge is 0.502 e. The summed E-state index contributed by atoms with van der Waals surface area (Å²) in [5.74, 6) is -0.0156. The number of phenolic OH excluding ortho intramolecular Hbond substituents is 1. The predicted molar refractivity (Wildman–Crippen MR) is 118 cm³/mol. The summed E-state index contributed by atoms with van der Waals surface area (Å²) in [6.07, 6.45) is 4.68. The number of benzene rings is 2. The maximum Gasteiger partial charge on any atom is 0.262 e. The van der Waals surface area contributed by atoms with Gasteiger partial charge in [0, 0.05) is 6.54 Å². The molecule has 0 aliphatic rings. The van der Waals surface area contributed by atoms with Crippen LogP contribution in [-0.2, 0) is 11.3 Å². The van der Waals surface area contributed by atoms with Crippen molar-refractivity contribution in [2.75, 3.05) is 14.2 Å². The molecular weight excluding hydrogens is 380 g/mol. The molecule has 0 saturated heterocycles. The van der Waals surface area contributed by atoms with Crippen LogP contribution in [0, 0.1) is 18.3 Å². The molecule has 0 fully saturated rings.